The van der Waals surface area contributed by atoms with E-state index in [1.54, 1.807) is 11.8 Å². The molecule has 0 aliphatic carbocycles. The summed E-state index contributed by atoms with van der Waals surface area (Å²) in [6.07, 6.45) is 1.80. The van der Waals surface area contributed by atoms with Gasteiger partial charge in [0.05, 0.1) is 12.7 Å². The van der Waals surface area contributed by atoms with Crippen LogP contribution < -0.4 is 5.32 Å². The van der Waals surface area contributed by atoms with Crippen LogP contribution in [-0.2, 0) is 11.3 Å². The molecule has 0 saturated carbocycles. The largest absolute Gasteiger partial charge is 0.390 e. The summed E-state index contributed by atoms with van der Waals surface area (Å²) >= 11 is 1.68. The summed E-state index contributed by atoms with van der Waals surface area (Å²) in [5, 5.41) is 13.2. The molecule has 0 fully saturated rings. The summed E-state index contributed by atoms with van der Waals surface area (Å²) in [5.41, 5.74) is 1.28. The fourth-order valence-corrected chi connectivity index (χ4v) is 2.61. The van der Waals surface area contributed by atoms with Gasteiger partial charge in [0, 0.05) is 23.8 Å². The third-order valence-electron chi connectivity index (χ3n) is 2.87. The molecular weight excluding hydrogens is 270 g/mol. The van der Waals surface area contributed by atoms with Crippen LogP contribution in [0.2, 0.25) is 0 Å². The Balaban J connectivity index is 2.26. The Morgan fingerprint density at radius 3 is 2.95 bits per heavy atom. The van der Waals surface area contributed by atoms with Crippen molar-refractivity contribution in [2.75, 3.05) is 25.5 Å². The molecule has 0 saturated heterocycles. The fraction of sp³-hybridized carbons (Fsp3) is 0.625. The molecule has 0 aliphatic heterocycles. The highest BCUT2D eigenvalue weighted by atomic mass is 32.2. The van der Waals surface area contributed by atoms with Crippen LogP contribution in [0.5, 0.6) is 0 Å². The van der Waals surface area contributed by atoms with Gasteiger partial charge in [0.25, 0.3) is 0 Å². The van der Waals surface area contributed by atoms with Crippen LogP contribution >= 0.6 is 11.8 Å². The normalized spacial score (nSPS) is 12.6. The molecule has 20 heavy (non-hydrogen) atoms. The molecule has 1 rings (SSSR count). The lowest BCUT2D eigenvalue weighted by molar-refractivity contribution is 0.0473. The van der Waals surface area contributed by atoms with Gasteiger partial charge in [-0.3, -0.25) is 0 Å². The average Bonchev–Trinajstić information content (AvgIpc) is 2.48. The zero-order valence-electron chi connectivity index (χ0n) is 12.6. The van der Waals surface area contributed by atoms with Crippen LogP contribution in [0.1, 0.15) is 32.3 Å². The number of nitrogens with one attached hydrogen (secondary N) is 1. The van der Waals surface area contributed by atoms with Crippen molar-refractivity contribution in [1.29, 1.82) is 0 Å². The average molecular weight is 297 g/mol. The summed E-state index contributed by atoms with van der Waals surface area (Å²) in [5.74, 6) is 0.677. The molecule has 4 heteroatoms. The standard InChI is InChI=1S/C16H27NO2S/c1-3-5-9-19-12-15(18)13-20-16-8-6-7-14(10-16)11-17-4-2/h6-8,10,15,17-18H,3-5,9,11-13H2,1-2H3. The van der Waals surface area contributed by atoms with Gasteiger partial charge in [0.15, 0.2) is 0 Å². The highest BCUT2D eigenvalue weighted by Gasteiger charge is 2.05. The molecule has 1 aromatic rings. The maximum Gasteiger partial charge on any atom is 0.0867 e. The summed E-state index contributed by atoms with van der Waals surface area (Å²) < 4.78 is 5.43. The van der Waals surface area contributed by atoms with Crippen molar-refractivity contribution in [2.24, 2.45) is 0 Å². The van der Waals surface area contributed by atoms with E-state index in [4.69, 9.17) is 4.74 Å². The molecule has 1 aromatic carbocycles. The maximum absolute atomic E-state index is 9.86. The molecule has 0 heterocycles. The Morgan fingerprint density at radius 1 is 1.35 bits per heavy atom. The van der Waals surface area contributed by atoms with Gasteiger partial charge < -0.3 is 15.2 Å². The van der Waals surface area contributed by atoms with Gasteiger partial charge in [0.2, 0.25) is 0 Å². The topological polar surface area (TPSA) is 41.5 Å². The smallest absolute Gasteiger partial charge is 0.0867 e. The molecule has 2 N–H and O–H groups in total. The number of thioether (sulfide) groups is 1. The number of aliphatic hydroxyl groups is 1. The molecule has 1 atom stereocenters. The second-order valence-corrected chi connectivity index (χ2v) is 5.91. The first-order chi connectivity index (χ1) is 9.76. The van der Waals surface area contributed by atoms with Crippen molar-refractivity contribution in [3.63, 3.8) is 0 Å². The lowest BCUT2D eigenvalue weighted by atomic mass is 10.2. The number of unbranched alkanes of at least 4 members (excludes halogenated alkanes) is 1. The van der Waals surface area contributed by atoms with E-state index in [9.17, 15) is 5.11 Å². The SMILES string of the molecule is CCCCOCC(O)CSc1cccc(CNCC)c1. The molecule has 0 bridgehead atoms. The third-order valence-corrected chi connectivity index (χ3v) is 4.01. The van der Waals surface area contributed by atoms with Gasteiger partial charge in [-0.05, 0) is 30.7 Å². The maximum atomic E-state index is 9.86. The van der Waals surface area contributed by atoms with Crippen LogP contribution in [0.3, 0.4) is 0 Å². The summed E-state index contributed by atoms with van der Waals surface area (Å²) in [4.78, 5) is 1.20. The van der Waals surface area contributed by atoms with Gasteiger partial charge in [0.1, 0.15) is 0 Å². The molecule has 0 radical (unpaired) electrons. The second kappa shape index (κ2) is 11.1. The van der Waals surface area contributed by atoms with Crippen molar-refractivity contribution in [3.05, 3.63) is 29.8 Å². The summed E-state index contributed by atoms with van der Waals surface area (Å²) in [6, 6.07) is 8.46. The van der Waals surface area contributed by atoms with Crippen LogP contribution in [-0.4, -0.2) is 36.7 Å². The predicted octanol–water partition coefficient (Wildman–Crippen LogP) is 3.07. The van der Waals surface area contributed by atoms with Gasteiger partial charge in [-0.2, -0.15) is 0 Å². The van der Waals surface area contributed by atoms with E-state index < -0.39 is 6.10 Å². The van der Waals surface area contributed by atoms with Crippen molar-refractivity contribution in [3.8, 4) is 0 Å². The first-order valence-corrected chi connectivity index (χ1v) is 8.43. The molecule has 0 aromatic heterocycles. The van der Waals surface area contributed by atoms with Gasteiger partial charge in [-0.1, -0.05) is 32.4 Å². The summed E-state index contributed by atoms with van der Waals surface area (Å²) in [7, 11) is 0. The predicted molar refractivity (Wildman–Crippen MR) is 86.3 cm³/mol. The lowest BCUT2D eigenvalue weighted by Gasteiger charge is -2.11. The molecule has 0 amide bonds. The molecule has 114 valence electrons. The number of hydrogen-bond acceptors (Lipinski definition) is 4. The molecular formula is C16H27NO2S. The zero-order chi connectivity index (χ0) is 14.6. The first kappa shape index (κ1) is 17.5. The van der Waals surface area contributed by atoms with Gasteiger partial charge in [-0.15, -0.1) is 11.8 Å². The zero-order valence-corrected chi connectivity index (χ0v) is 13.4. The van der Waals surface area contributed by atoms with Crippen LogP contribution in [0.15, 0.2) is 29.2 Å². The van der Waals surface area contributed by atoms with Crippen LogP contribution in [0.25, 0.3) is 0 Å². The highest BCUT2D eigenvalue weighted by Crippen LogP contribution is 2.20. The van der Waals surface area contributed by atoms with E-state index in [2.05, 4.69) is 43.4 Å². The minimum Gasteiger partial charge on any atom is -0.390 e. The lowest BCUT2D eigenvalue weighted by Crippen LogP contribution is -2.18. The van der Waals surface area contributed by atoms with E-state index in [0.29, 0.717) is 12.4 Å². The Bertz CT molecular complexity index is 360. The van der Waals surface area contributed by atoms with Crippen LogP contribution in [0.4, 0.5) is 0 Å². The monoisotopic (exact) mass is 297 g/mol. The molecule has 0 aliphatic rings. The Morgan fingerprint density at radius 2 is 2.20 bits per heavy atom. The second-order valence-electron chi connectivity index (χ2n) is 4.82. The van der Waals surface area contributed by atoms with Gasteiger partial charge >= 0.3 is 0 Å². The molecule has 0 spiro atoms. The van der Waals surface area contributed by atoms with E-state index >= 15 is 0 Å². The van der Waals surface area contributed by atoms with Crippen molar-refractivity contribution in [1.82, 2.24) is 5.32 Å². The number of ether oxygens (including phenoxy) is 1. The van der Waals surface area contributed by atoms with Crippen LogP contribution in [0, 0.1) is 0 Å². The minimum absolute atomic E-state index is 0.394. The first-order valence-electron chi connectivity index (χ1n) is 7.44. The molecule has 3 nitrogen and oxygen atoms in total. The van der Waals surface area contributed by atoms with Gasteiger partial charge in [-0.25, -0.2) is 0 Å². The Kier molecular flexibility index (Phi) is 9.75. The Hall–Kier alpha value is -0.550. The number of rotatable bonds is 11. The number of aliphatic hydroxyl groups excluding tert-OH is 1. The van der Waals surface area contributed by atoms with Crippen molar-refractivity contribution < 1.29 is 9.84 Å². The quantitative estimate of drug-likeness (QED) is 0.486. The third kappa shape index (κ3) is 7.90. The number of benzene rings is 1. The number of hydrogen-bond donors (Lipinski definition) is 2. The van der Waals surface area contributed by atoms with E-state index in [1.165, 1.54) is 10.5 Å². The van der Waals surface area contributed by atoms with E-state index in [0.717, 1.165) is 32.5 Å². The highest BCUT2D eigenvalue weighted by molar-refractivity contribution is 7.99. The van der Waals surface area contributed by atoms with Crippen molar-refractivity contribution in [2.45, 2.75) is 44.2 Å². The van der Waals surface area contributed by atoms with E-state index in [-0.39, 0.29) is 0 Å². The van der Waals surface area contributed by atoms with Crippen molar-refractivity contribution >= 4 is 11.8 Å². The summed E-state index contributed by atoms with van der Waals surface area (Å²) in [6.45, 7) is 7.29. The fourth-order valence-electron chi connectivity index (χ4n) is 1.72. The minimum atomic E-state index is -0.394. The Labute approximate surface area is 127 Å². The molecule has 1 unspecified atom stereocenters. The van der Waals surface area contributed by atoms with E-state index in [1.807, 2.05) is 0 Å².